The lowest BCUT2D eigenvalue weighted by molar-refractivity contribution is -0.136. The van der Waals surface area contributed by atoms with Crippen molar-refractivity contribution in [3.05, 3.63) is 30.5 Å². The van der Waals surface area contributed by atoms with Gasteiger partial charge in [0.25, 0.3) is 5.78 Å². The van der Waals surface area contributed by atoms with E-state index in [1.165, 1.54) is 4.52 Å². The molecule has 96 valence electrons. The lowest BCUT2D eigenvalue weighted by atomic mass is 10.2. The van der Waals surface area contributed by atoms with Crippen LogP contribution in [0.15, 0.2) is 24.7 Å². The van der Waals surface area contributed by atoms with E-state index >= 15 is 0 Å². The number of carbonyl (C=O) groups is 1. The molecule has 0 aromatic carbocycles. The van der Waals surface area contributed by atoms with Gasteiger partial charge in [0.2, 0.25) is 0 Å². The maximum Gasteiger partial charge on any atom is 0.311 e. The number of carboxylic acid groups (broad SMARTS) is 1. The fraction of sp³-hybridized carbons (Fsp3) is 0.182. The zero-order chi connectivity index (χ0) is 13.4. The lowest BCUT2D eigenvalue weighted by Crippen LogP contribution is -2.02. The molecule has 19 heavy (non-hydrogen) atoms. The zero-order valence-corrected chi connectivity index (χ0v) is 10.1. The number of rotatable bonds is 3. The van der Waals surface area contributed by atoms with Crippen LogP contribution in [0.3, 0.4) is 0 Å². The first-order valence-electron chi connectivity index (χ1n) is 5.55. The molecule has 0 aliphatic rings. The highest BCUT2D eigenvalue weighted by Crippen LogP contribution is 2.17. The van der Waals surface area contributed by atoms with Gasteiger partial charge in [-0.05, 0) is 6.07 Å². The van der Waals surface area contributed by atoms with Gasteiger partial charge in [-0.3, -0.25) is 9.48 Å². The predicted octanol–water partition coefficient (Wildman–Crippen LogP) is 0.152. The van der Waals surface area contributed by atoms with Crippen LogP contribution in [0.4, 0.5) is 0 Å². The van der Waals surface area contributed by atoms with Gasteiger partial charge in [0, 0.05) is 25.0 Å². The molecule has 0 fully saturated rings. The zero-order valence-electron chi connectivity index (χ0n) is 10.1. The molecule has 3 aromatic rings. The quantitative estimate of drug-likeness (QED) is 0.718. The molecule has 0 bridgehead atoms. The SMILES string of the molecule is Cn1cc(-c2ccnc3nc(CC(=O)O)nn23)cn1. The fourth-order valence-corrected chi connectivity index (χ4v) is 1.82. The molecule has 3 heterocycles. The Labute approximate surface area is 107 Å². The largest absolute Gasteiger partial charge is 0.481 e. The molecule has 3 aromatic heterocycles. The van der Waals surface area contributed by atoms with Gasteiger partial charge in [0.1, 0.15) is 6.42 Å². The molecule has 0 saturated carbocycles. The summed E-state index contributed by atoms with van der Waals surface area (Å²) in [6.07, 6.45) is 4.92. The number of hydrogen-bond donors (Lipinski definition) is 1. The van der Waals surface area contributed by atoms with E-state index in [4.69, 9.17) is 5.11 Å². The van der Waals surface area contributed by atoms with Gasteiger partial charge >= 0.3 is 5.97 Å². The minimum Gasteiger partial charge on any atom is -0.481 e. The van der Waals surface area contributed by atoms with Crippen molar-refractivity contribution in [3.8, 4) is 11.3 Å². The Morgan fingerprint density at radius 2 is 2.32 bits per heavy atom. The van der Waals surface area contributed by atoms with Crippen molar-refractivity contribution in [2.45, 2.75) is 6.42 Å². The summed E-state index contributed by atoms with van der Waals surface area (Å²) in [5.74, 6) is -0.368. The smallest absolute Gasteiger partial charge is 0.311 e. The summed E-state index contributed by atoms with van der Waals surface area (Å²) in [5.41, 5.74) is 1.63. The van der Waals surface area contributed by atoms with Gasteiger partial charge in [-0.25, -0.2) is 4.98 Å². The van der Waals surface area contributed by atoms with Crippen LogP contribution in [0.2, 0.25) is 0 Å². The topological polar surface area (TPSA) is 98.2 Å². The molecule has 0 radical (unpaired) electrons. The minimum absolute atomic E-state index is 0.226. The summed E-state index contributed by atoms with van der Waals surface area (Å²) in [4.78, 5) is 18.8. The van der Waals surface area contributed by atoms with Gasteiger partial charge in [-0.15, -0.1) is 5.10 Å². The Balaban J connectivity index is 2.14. The normalized spacial score (nSPS) is 11.0. The van der Waals surface area contributed by atoms with Crippen molar-refractivity contribution < 1.29 is 9.90 Å². The van der Waals surface area contributed by atoms with Crippen LogP contribution in [-0.2, 0) is 18.3 Å². The van der Waals surface area contributed by atoms with E-state index in [0.717, 1.165) is 11.3 Å². The highest BCUT2D eigenvalue weighted by atomic mass is 16.4. The number of fused-ring (bicyclic) bond motifs is 1. The summed E-state index contributed by atoms with van der Waals surface area (Å²) in [6.45, 7) is 0. The molecule has 0 amide bonds. The fourth-order valence-electron chi connectivity index (χ4n) is 1.82. The van der Waals surface area contributed by atoms with E-state index in [-0.39, 0.29) is 12.2 Å². The van der Waals surface area contributed by atoms with Crippen molar-refractivity contribution in [1.29, 1.82) is 0 Å². The molecule has 0 atom stereocenters. The van der Waals surface area contributed by atoms with Crippen LogP contribution in [0.5, 0.6) is 0 Å². The van der Waals surface area contributed by atoms with Crippen LogP contribution < -0.4 is 0 Å². The third-order valence-corrected chi connectivity index (χ3v) is 2.59. The number of nitrogens with zero attached hydrogens (tertiary/aromatic N) is 6. The van der Waals surface area contributed by atoms with Gasteiger partial charge in [0.05, 0.1) is 11.9 Å². The first kappa shape index (κ1) is 11.3. The van der Waals surface area contributed by atoms with E-state index in [0.29, 0.717) is 5.78 Å². The van der Waals surface area contributed by atoms with E-state index in [9.17, 15) is 4.79 Å². The van der Waals surface area contributed by atoms with E-state index in [2.05, 4.69) is 20.2 Å². The lowest BCUT2D eigenvalue weighted by Gasteiger charge is -1.98. The summed E-state index contributed by atoms with van der Waals surface area (Å²) in [7, 11) is 1.82. The second-order valence-electron chi connectivity index (χ2n) is 4.04. The van der Waals surface area contributed by atoms with Crippen molar-refractivity contribution >= 4 is 11.7 Å². The molecule has 1 N–H and O–H groups in total. The molecule has 0 spiro atoms. The maximum absolute atomic E-state index is 10.7. The van der Waals surface area contributed by atoms with E-state index < -0.39 is 5.97 Å². The number of carboxylic acids is 1. The van der Waals surface area contributed by atoms with Gasteiger partial charge in [0.15, 0.2) is 5.82 Å². The van der Waals surface area contributed by atoms with E-state index in [1.54, 1.807) is 23.1 Å². The monoisotopic (exact) mass is 258 g/mol. The third kappa shape index (κ3) is 2.03. The molecule has 0 aliphatic heterocycles. The van der Waals surface area contributed by atoms with Crippen LogP contribution in [0, 0.1) is 0 Å². The average Bonchev–Trinajstić information content (AvgIpc) is 2.93. The number of aryl methyl sites for hydroxylation is 1. The molecule has 0 saturated heterocycles. The number of hydrogen-bond acceptors (Lipinski definition) is 5. The van der Waals surface area contributed by atoms with Crippen molar-refractivity contribution in [3.63, 3.8) is 0 Å². The van der Waals surface area contributed by atoms with Crippen molar-refractivity contribution in [1.82, 2.24) is 29.4 Å². The second kappa shape index (κ2) is 4.16. The summed E-state index contributed by atoms with van der Waals surface area (Å²) >= 11 is 0. The second-order valence-corrected chi connectivity index (χ2v) is 4.04. The number of aliphatic carboxylic acids is 1. The number of aromatic nitrogens is 6. The third-order valence-electron chi connectivity index (χ3n) is 2.59. The molecule has 3 rings (SSSR count). The van der Waals surface area contributed by atoms with Crippen LogP contribution in [-0.4, -0.2) is 40.4 Å². The molecule has 0 unspecified atom stereocenters. The molecular formula is C11H10N6O2. The standard InChI is InChI=1S/C11H10N6O2/c1-16-6-7(5-13-16)8-2-3-12-11-14-9(4-10(18)19)15-17(8)11/h2-3,5-6H,4H2,1H3,(H,18,19). The predicted molar refractivity (Wildman–Crippen MR) is 64.3 cm³/mol. The van der Waals surface area contributed by atoms with Crippen LogP contribution in [0.1, 0.15) is 5.82 Å². The van der Waals surface area contributed by atoms with Gasteiger partial charge < -0.3 is 5.11 Å². The first-order valence-corrected chi connectivity index (χ1v) is 5.55. The summed E-state index contributed by atoms with van der Waals surface area (Å²) in [5, 5.41) is 17.0. The first-order chi connectivity index (χ1) is 9.13. The van der Waals surface area contributed by atoms with Gasteiger partial charge in [-0.2, -0.15) is 14.6 Å². The Hall–Kier alpha value is -2.77. The Morgan fingerprint density at radius 3 is 3.00 bits per heavy atom. The molecule has 8 heteroatoms. The minimum atomic E-state index is -0.973. The Bertz CT molecular complexity index is 759. The van der Waals surface area contributed by atoms with Crippen molar-refractivity contribution in [2.75, 3.05) is 0 Å². The van der Waals surface area contributed by atoms with E-state index in [1.807, 2.05) is 13.2 Å². The molecular weight excluding hydrogens is 248 g/mol. The molecule has 0 aliphatic carbocycles. The summed E-state index contributed by atoms with van der Waals surface area (Å²) in [6, 6.07) is 1.78. The van der Waals surface area contributed by atoms with Crippen LogP contribution in [0.25, 0.3) is 17.0 Å². The Kier molecular flexibility index (Phi) is 2.48. The van der Waals surface area contributed by atoms with Crippen molar-refractivity contribution in [2.24, 2.45) is 7.05 Å². The van der Waals surface area contributed by atoms with Gasteiger partial charge in [-0.1, -0.05) is 0 Å². The highest BCUT2D eigenvalue weighted by molar-refractivity contribution is 5.69. The summed E-state index contributed by atoms with van der Waals surface area (Å²) < 4.78 is 3.20. The van der Waals surface area contributed by atoms with Crippen LogP contribution >= 0.6 is 0 Å². The molecule has 8 nitrogen and oxygen atoms in total. The maximum atomic E-state index is 10.7. The highest BCUT2D eigenvalue weighted by Gasteiger charge is 2.12. The average molecular weight is 258 g/mol. The Morgan fingerprint density at radius 1 is 1.47 bits per heavy atom.